The van der Waals surface area contributed by atoms with Crippen molar-refractivity contribution in [3.63, 3.8) is 0 Å². The van der Waals surface area contributed by atoms with Crippen LogP contribution in [0.15, 0.2) is 29.5 Å². The molecule has 1 amide bonds. The van der Waals surface area contributed by atoms with Gasteiger partial charge in [0.1, 0.15) is 17.3 Å². The van der Waals surface area contributed by atoms with Gasteiger partial charge in [0.15, 0.2) is 0 Å². The predicted molar refractivity (Wildman–Crippen MR) is 132 cm³/mol. The zero-order chi connectivity index (χ0) is 24.6. The summed E-state index contributed by atoms with van der Waals surface area (Å²) in [6.45, 7) is 10.9. The number of rotatable bonds is 8. The van der Waals surface area contributed by atoms with Crippen molar-refractivity contribution in [2.75, 3.05) is 5.32 Å². The van der Waals surface area contributed by atoms with Crippen molar-refractivity contribution < 1.29 is 9.53 Å². The maximum atomic E-state index is 12.8. The first kappa shape index (κ1) is 24.5. The molecule has 2 aromatic rings. The summed E-state index contributed by atoms with van der Waals surface area (Å²) in [5.74, 6) is 2.12. The molecule has 2 heterocycles. The summed E-state index contributed by atoms with van der Waals surface area (Å²) >= 11 is 6.40. The second-order valence-corrected chi connectivity index (χ2v) is 10.8. The summed E-state index contributed by atoms with van der Waals surface area (Å²) in [6.07, 6.45) is 7.14. The summed E-state index contributed by atoms with van der Waals surface area (Å²) in [7, 11) is 0. The summed E-state index contributed by atoms with van der Waals surface area (Å²) in [5.41, 5.74) is 1.24. The van der Waals surface area contributed by atoms with E-state index in [2.05, 4.69) is 41.5 Å². The number of hydrogen-bond acceptors (Lipinski definition) is 6. The van der Waals surface area contributed by atoms with Gasteiger partial charge in [-0.25, -0.2) is 4.68 Å². The van der Waals surface area contributed by atoms with Gasteiger partial charge in [-0.3, -0.25) is 14.6 Å². The van der Waals surface area contributed by atoms with Crippen LogP contribution in [0.1, 0.15) is 53.0 Å². The molecule has 0 aromatic carbocycles. The fraction of sp³-hybridized carbons (Fsp3) is 0.600. The molecule has 0 aliphatic heterocycles. The minimum atomic E-state index is -0.483. The van der Waals surface area contributed by atoms with Gasteiger partial charge < -0.3 is 15.4 Å². The fourth-order valence-corrected chi connectivity index (χ4v) is 5.72. The van der Waals surface area contributed by atoms with E-state index in [0.29, 0.717) is 34.6 Å². The van der Waals surface area contributed by atoms with Gasteiger partial charge >= 0.3 is 0 Å². The molecule has 0 unspecified atom stereocenters. The average Bonchev–Trinajstić information content (AvgIpc) is 2.78. The van der Waals surface area contributed by atoms with Gasteiger partial charge in [-0.05, 0) is 55.9 Å². The number of hydrogen-bond donors (Lipinski definition) is 2. The van der Waals surface area contributed by atoms with E-state index in [0.717, 1.165) is 16.7 Å². The van der Waals surface area contributed by atoms with Crippen molar-refractivity contribution >= 4 is 23.2 Å². The number of pyridine rings is 1. The Morgan fingerprint density at radius 3 is 2.76 bits per heavy atom. The van der Waals surface area contributed by atoms with Crippen LogP contribution in [0.25, 0.3) is 0 Å². The molecule has 2 N–H and O–H groups in total. The van der Waals surface area contributed by atoms with E-state index in [1.807, 2.05) is 13.8 Å². The number of carbonyl (C=O) groups is 1. The minimum Gasteiger partial charge on any atom is -0.489 e. The van der Waals surface area contributed by atoms with Gasteiger partial charge in [0.05, 0.1) is 24.2 Å². The topological polar surface area (TPSA) is 98.1 Å². The smallest absolute Gasteiger partial charge is 0.288 e. The summed E-state index contributed by atoms with van der Waals surface area (Å²) in [4.78, 5) is 29.4. The molecular weight excluding hydrogens is 454 g/mol. The van der Waals surface area contributed by atoms with Gasteiger partial charge in [0.25, 0.3) is 5.56 Å². The van der Waals surface area contributed by atoms with Crippen molar-refractivity contribution in [3.8, 4) is 5.75 Å². The first-order chi connectivity index (χ1) is 16.1. The Morgan fingerprint density at radius 1 is 1.32 bits per heavy atom. The molecule has 3 fully saturated rings. The van der Waals surface area contributed by atoms with Crippen LogP contribution in [0.4, 0.5) is 5.69 Å². The highest BCUT2D eigenvalue weighted by Gasteiger charge is 2.56. The Labute approximate surface area is 205 Å². The van der Waals surface area contributed by atoms with E-state index in [9.17, 15) is 9.59 Å². The molecule has 2 bridgehead atoms. The predicted octanol–water partition coefficient (Wildman–Crippen LogP) is 3.88. The average molecular weight is 488 g/mol. The van der Waals surface area contributed by atoms with Crippen molar-refractivity contribution in [2.45, 2.75) is 72.7 Å². The monoisotopic (exact) mass is 487 g/mol. The molecule has 5 rings (SSSR count). The number of halogens is 1. The van der Waals surface area contributed by atoms with Crippen LogP contribution >= 0.6 is 11.6 Å². The Balaban J connectivity index is 1.37. The third-order valence-corrected chi connectivity index (χ3v) is 8.05. The minimum absolute atomic E-state index is 0.00966. The fourth-order valence-electron chi connectivity index (χ4n) is 5.52. The van der Waals surface area contributed by atoms with Crippen molar-refractivity contribution in [1.82, 2.24) is 20.1 Å². The summed E-state index contributed by atoms with van der Waals surface area (Å²) in [6, 6.07) is 2.05. The van der Waals surface area contributed by atoms with Crippen LogP contribution in [0.5, 0.6) is 5.75 Å². The van der Waals surface area contributed by atoms with Crippen molar-refractivity contribution in [3.05, 3.63) is 45.6 Å². The van der Waals surface area contributed by atoms with E-state index in [-0.39, 0.29) is 36.2 Å². The van der Waals surface area contributed by atoms with Crippen LogP contribution in [0.3, 0.4) is 0 Å². The molecule has 0 saturated heterocycles. The number of fused-ring (bicyclic) bond motifs is 2. The van der Waals surface area contributed by atoms with Crippen LogP contribution < -0.4 is 20.9 Å². The molecule has 9 heteroatoms. The number of nitrogens with one attached hydrogen (secondary N) is 2. The molecule has 0 radical (unpaired) electrons. The van der Waals surface area contributed by atoms with Gasteiger partial charge in [-0.2, -0.15) is 5.10 Å². The number of anilines is 1. The first-order valence-electron chi connectivity index (χ1n) is 12.0. The number of aromatic nitrogens is 3. The van der Waals surface area contributed by atoms with Gasteiger partial charge in [-0.15, -0.1) is 0 Å². The maximum Gasteiger partial charge on any atom is 0.288 e. The van der Waals surface area contributed by atoms with Gasteiger partial charge in [0, 0.05) is 24.3 Å². The molecule has 184 valence electrons. The van der Waals surface area contributed by atoms with E-state index in [4.69, 9.17) is 16.3 Å². The molecular formula is C25H34ClN5O3. The van der Waals surface area contributed by atoms with E-state index in [1.54, 1.807) is 24.7 Å². The maximum absolute atomic E-state index is 12.8. The quantitative estimate of drug-likeness (QED) is 0.586. The molecule has 8 nitrogen and oxygen atoms in total. The lowest BCUT2D eigenvalue weighted by Gasteiger charge is -2.62. The molecule has 3 aliphatic rings. The Kier molecular flexibility index (Phi) is 6.90. The van der Waals surface area contributed by atoms with E-state index in [1.165, 1.54) is 6.42 Å². The lowest BCUT2D eigenvalue weighted by molar-refractivity contribution is -0.122. The van der Waals surface area contributed by atoms with Crippen LogP contribution in [-0.2, 0) is 17.9 Å². The van der Waals surface area contributed by atoms with Crippen LogP contribution in [-0.4, -0.2) is 32.8 Å². The van der Waals surface area contributed by atoms with Crippen molar-refractivity contribution in [2.24, 2.45) is 23.2 Å². The largest absolute Gasteiger partial charge is 0.489 e. The Hall–Kier alpha value is -2.61. The highest BCUT2D eigenvalue weighted by Crippen LogP contribution is 2.61. The highest BCUT2D eigenvalue weighted by atomic mass is 35.5. The third-order valence-electron chi connectivity index (χ3n) is 7.68. The lowest BCUT2D eigenvalue weighted by Crippen LogP contribution is -2.58. The third kappa shape index (κ3) is 4.78. The zero-order valence-corrected chi connectivity index (χ0v) is 21.2. The lowest BCUT2D eigenvalue weighted by atomic mass is 9.45. The van der Waals surface area contributed by atoms with E-state index < -0.39 is 5.56 Å². The zero-order valence-electron chi connectivity index (χ0n) is 20.5. The second kappa shape index (κ2) is 9.56. The van der Waals surface area contributed by atoms with Gasteiger partial charge in [-0.1, -0.05) is 32.4 Å². The number of carbonyl (C=O) groups excluding carboxylic acids is 1. The first-order valence-corrected chi connectivity index (χ1v) is 12.3. The number of ether oxygens (including phenoxy) is 1. The summed E-state index contributed by atoms with van der Waals surface area (Å²) in [5, 5.41) is 10.5. The Bertz CT molecular complexity index is 1120. The molecule has 34 heavy (non-hydrogen) atoms. The van der Waals surface area contributed by atoms with Crippen LogP contribution in [0.2, 0.25) is 5.02 Å². The molecule has 3 aliphatic carbocycles. The van der Waals surface area contributed by atoms with Gasteiger partial charge in [0.2, 0.25) is 5.91 Å². The highest BCUT2D eigenvalue weighted by molar-refractivity contribution is 6.32. The molecule has 2 aromatic heterocycles. The Morgan fingerprint density at radius 2 is 2.09 bits per heavy atom. The molecule has 4 atom stereocenters. The van der Waals surface area contributed by atoms with E-state index >= 15 is 0 Å². The molecule has 0 spiro atoms. The summed E-state index contributed by atoms with van der Waals surface area (Å²) < 4.78 is 6.82. The SMILES string of the molecule is CC(C)Oc1cnccc1CNC(=O)Cn1ncc(N[C@@H]2C[C@@H]3C[C@H]([C@H]2C)C3(C)C)c(Cl)c1=O. The number of nitrogens with zero attached hydrogens (tertiary/aromatic N) is 3. The van der Waals surface area contributed by atoms with Crippen molar-refractivity contribution in [1.29, 1.82) is 0 Å². The second-order valence-electron chi connectivity index (χ2n) is 10.5. The number of amides is 1. The molecule has 3 saturated carbocycles. The standard InChI is InChI=1S/C25H34ClN5O3/c1-14(2)34-21-12-27-7-6-16(21)10-28-22(32)13-31-24(33)23(26)20(11-29-31)30-19-9-17-8-18(15(19)3)25(17,4)5/h6-7,11-12,14-15,17-19,30H,8-10,13H2,1-5H3,(H,28,32)/t15-,17+,18-,19-/m1/s1. The van der Waals surface area contributed by atoms with Crippen LogP contribution in [0, 0.1) is 23.2 Å². The normalized spacial score (nSPS) is 24.9.